The number of hydrogen-bond donors (Lipinski definition) is 3. The summed E-state index contributed by atoms with van der Waals surface area (Å²) in [6.45, 7) is 0.291. The summed E-state index contributed by atoms with van der Waals surface area (Å²) in [5.74, 6) is 0. The van der Waals surface area contributed by atoms with E-state index in [4.69, 9.17) is 20.3 Å². The Morgan fingerprint density at radius 1 is 1.60 bits per heavy atom. The van der Waals surface area contributed by atoms with Crippen LogP contribution in [0.25, 0.3) is 0 Å². The predicted molar refractivity (Wildman–Crippen MR) is 34.4 cm³/mol. The van der Waals surface area contributed by atoms with Crippen molar-refractivity contribution in [1.29, 1.82) is 0 Å². The molecule has 1 unspecified atom stereocenters. The lowest BCUT2D eigenvalue weighted by molar-refractivity contribution is 0.184. The maximum Gasteiger partial charge on any atom is 0.347 e. The Morgan fingerprint density at radius 2 is 2.20 bits per heavy atom. The smallest absolute Gasteiger partial charge is 0.347 e. The topological polar surface area (TPSA) is 92.8 Å². The second-order valence-electron chi connectivity index (χ2n) is 2.45. The van der Waals surface area contributed by atoms with Crippen LogP contribution in [0.1, 0.15) is 6.42 Å². The molecule has 1 rings (SSSR count). The largest absolute Gasteiger partial charge is 0.379 e. The zero-order chi connectivity index (χ0) is 7.83. The molecule has 0 aromatic carbocycles. The normalized spacial score (nSPS) is 34.7. The summed E-state index contributed by atoms with van der Waals surface area (Å²) in [7, 11) is -4.17. The average molecular weight is 167 g/mol. The summed E-state index contributed by atoms with van der Waals surface area (Å²) in [6.07, 6.45) is 0.233. The maximum absolute atomic E-state index is 10.6. The molecule has 1 saturated heterocycles. The molecule has 5 nitrogen and oxygen atoms in total. The van der Waals surface area contributed by atoms with Crippen LogP contribution in [0.3, 0.4) is 0 Å². The van der Waals surface area contributed by atoms with Crippen molar-refractivity contribution in [2.45, 2.75) is 11.7 Å². The third-order valence-electron chi connectivity index (χ3n) is 1.61. The van der Waals surface area contributed by atoms with Crippen molar-refractivity contribution >= 4 is 7.60 Å². The summed E-state index contributed by atoms with van der Waals surface area (Å²) in [4.78, 5) is 17.4. The van der Waals surface area contributed by atoms with Crippen LogP contribution in [-0.2, 0) is 9.30 Å². The average Bonchev–Trinajstić information content (AvgIpc) is 2.13. The first kappa shape index (κ1) is 8.17. The molecule has 0 bridgehead atoms. The van der Waals surface area contributed by atoms with E-state index in [0.717, 1.165) is 0 Å². The van der Waals surface area contributed by atoms with Crippen LogP contribution >= 0.6 is 7.60 Å². The molecule has 10 heavy (non-hydrogen) atoms. The van der Waals surface area contributed by atoms with Gasteiger partial charge in [0.25, 0.3) is 0 Å². The van der Waals surface area contributed by atoms with Gasteiger partial charge in [-0.15, -0.1) is 0 Å². The second-order valence-corrected chi connectivity index (χ2v) is 4.43. The lowest BCUT2D eigenvalue weighted by Crippen LogP contribution is -2.39. The van der Waals surface area contributed by atoms with E-state index >= 15 is 0 Å². The standard InChI is InChI=1S/C4H10NO4P/c5-4(10(6,7)8)1-2-9-3-4/h1-3,5H2,(H2,6,7,8). The summed E-state index contributed by atoms with van der Waals surface area (Å²) >= 11 is 0. The number of nitrogens with two attached hydrogens (primary N) is 1. The summed E-state index contributed by atoms with van der Waals surface area (Å²) < 4.78 is 15.4. The molecule has 1 aliphatic rings. The van der Waals surface area contributed by atoms with Crippen LogP contribution in [0, 0.1) is 0 Å². The molecule has 0 amide bonds. The van der Waals surface area contributed by atoms with E-state index < -0.39 is 12.9 Å². The number of rotatable bonds is 1. The molecular weight excluding hydrogens is 157 g/mol. The highest BCUT2D eigenvalue weighted by atomic mass is 31.2. The molecule has 0 aromatic heterocycles. The SMILES string of the molecule is NC1(P(=O)(O)O)CCOC1. The van der Waals surface area contributed by atoms with Gasteiger partial charge in [0.15, 0.2) is 0 Å². The number of hydrogen-bond acceptors (Lipinski definition) is 3. The zero-order valence-electron chi connectivity index (χ0n) is 5.36. The Hall–Kier alpha value is 0.0700. The van der Waals surface area contributed by atoms with Gasteiger partial charge >= 0.3 is 7.60 Å². The molecule has 60 valence electrons. The Bertz CT molecular complexity index is 170. The van der Waals surface area contributed by atoms with Gasteiger partial charge in [-0.3, -0.25) is 4.57 Å². The van der Waals surface area contributed by atoms with Crippen molar-refractivity contribution in [3.63, 3.8) is 0 Å². The first-order valence-corrected chi connectivity index (χ1v) is 4.49. The van der Waals surface area contributed by atoms with E-state index in [-0.39, 0.29) is 13.0 Å². The minimum absolute atomic E-state index is 0.0444. The summed E-state index contributed by atoms with van der Waals surface area (Å²) in [5.41, 5.74) is 5.35. The zero-order valence-corrected chi connectivity index (χ0v) is 6.25. The van der Waals surface area contributed by atoms with E-state index in [9.17, 15) is 4.57 Å². The van der Waals surface area contributed by atoms with Gasteiger partial charge in [0, 0.05) is 13.0 Å². The molecule has 1 fully saturated rings. The molecule has 0 radical (unpaired) electrons. The highest BCUT2D eigenvalue weighted by Crippen LogP contribution is 2.50. The molecule has 0 aliphatic carbocycles. The summed E-state index contributed by atoms with van der Waals surface area (Å²) in [6, 6.07) is 0. The summed E-state index contributed by atoms with van der Waals surface area (Å²) in [5, 5.41) is -1.42. The first-order valence-electron chi connectivity index (χ1n) is 2.88. The van der Waals surface area contributed by atoms with Crippen molar-refractivity contribution in [2.24, 2.45) is 5.73 Å². The molecule has 1 atom stereocenters. The Balaban J connectivity index is 2.78. The van der Waals surface area contributed by atoms with Crippen molar-refractivity contribution in [3.05, 3.63) is 0 Å². The van der Waals surface area contributed by atoms with Gasteiger partial charge in [-0.05, 0) is 0 Å². The molecule has 0 saturated carbocycles. The van der Waals surface area contributed by atoms with Crippen LogP contribution in [0.4, 0.5) is 0 Å². The van der Waals surface area contributed by atoms with Gasteiger partial charge in [-0.25, -0.2) is 0 Å². The van der Waals surface area contributed by atoms with Crippen LogP contribution in [0.2, 0.25) is 0 Å². The molecule has 1 heterocycles. The fourth-order valence-corrected chi connectivity index (χ4v) is 1.44. The van der Waals surface area contributed by atoms with E-state index in [1.54, 1.807) is 0 Å². The Kier molecular flexibility index (Phi) is 1.87. The molecule has 4 N–H and O–H groups in total. The molecule has 0 aromatic rings. The van der Waals surface area contributed by atoms with Crippen molar-refractivity contribution in [3.8, 4) is 0 Å². The molecule has 6 heteroatoms. The van der Waals surface area contributed by atoms with E-state index in [1.165, 1.54) is 0 Å². The molecule has 1 aliphatic heterocycles. The van der Waals surface area contributed by atoms with Crippen molar-refractivity contribution in [1.82, 2.24) is 0 Å². The third-order valence-corrected chi connectivity index (χ3v) is 3.12. The van der Waals surface area contributed by atoms with Crippen LogP contribution in [0.5, 0.6) is 0 Å². The first-order chi connectivity index (χ1) is 4.46. The van der Waals surface area contributed by atoms with Gasteiger partial charge < -0.3 is 20.3 Å². The number of ether oxygens (including phenoxy) is 1. The van der Waals surface area contributed by atoms with Crippen molar-refractivity contribution in [2.75, 3.05) is 13.2 Å². The van der Waals surface area contributed by atoms with Gasteiger partial charge in [0.05, 0.1) is 6.61 Å². The van der Waals surface area contributed by atoms with Gasteiger partial charge in [0.2, 0.25) is 0 Å². The van der Waals surface area contributed by atoms with Crippen molar-refractivity contribution < 1.29 is 19.1 Å². The van der Waals surface area contributed by atoms with Gasteiger partial charge in [-0.2, -0.15) is 0 Å². The van der Waals surface area contributed by atoms with E-state index in [0.29, 0.717) is 6.61 Å². The highest BCUT2D eigenvalue weighted by molar-refractivity contribution is 7.53. The van der Waals surface area contributed by atoms with Crippen LogP contribution in [-0.4, -0.2) is 28.3 Å². The Labute approximate surface area is 58.3 Å². The quantitative estimate of drug-likeness (QED) is 0.446. The third kappa shape index (κ3) is 1.24. The second kappa shape index (κ2) is 2.29. The minimum Gasteiger partial charge on any atom is -0.379 e. The van der Waals surface area contributed by atoms with Crippen LogP contribution in [0.15, 0.2) is 0 Å². The molecular formula is C4H10NO4P. The van der Waals surface area contributed by atoms with Gasteiger partial charge in [0.1, 0.15) is 5.28 Å². The fourth-order valence-electron chi connectivity index (χ4n) is 0.800. The minimum atomic E-state index is -4.17. The van der Waals surface area contributed by atoms with Crippen LogP contribution < -0.4 is 5.73 Å². The highest BCUT2D eigenvalue weighted by Gasteiger charge is 2.46. The van der Waals surface area contributed by atoms with E-state index in [1.807, 2.05) is 0 Å². The van der Waals surface area contributed by atoms with Gasteiger partial charge in [-0.1, -0.05) is 0 Å². The van der Waals surface area contributed by atoms with E-state index in [2.05, 4.69) is 0 Å². The lowest BCUT2D eigenvalue weighted by Gasteiger charge is -2.22. The predicted octanol–water partition coefficient (Wildman–Crippen LogP) is -0.761. The fraction of sp³-hybridized carbons (Fsp3) is 1.00. The Morgan fingerprint density at radius 3 is 2.40 bits per heavy atom. The molecule has 0 spiro atoms. The monoisotopic (exact) mass is 167 g/mol. The maximum atomic E-state index is 10.6. The lowest BCUT2D eigenvalue weighted by atomic mass is 10.3.